The first-order chi connectivity index (χ1) is 8.78. The zero-order valence-electron chi connectivity index (χ0n) is 11.5. The van der Waals surface area contributed by atoms with Crippen molar-refractivity contribution in [3.63, 3.8) is 0 Å². The zero-order valence-corrected chi connectivity index (χ0v) is 13.8. The normalized spacial score (nSPS) is 25.5. The third kappa shape index (κ3) is 3.61. The SMILES string of the molecule is CN=C(NC1CC1)NC1CC1c1ccccc1C.I. The number of nitrogens with zero attached hydrogens (tertiary/aromatic N) is 1. The molecular weight excluding hydrogens is 349 g/mol. The van der Waals surface area contributed by atoms with Crippen molar-refractivity contribution >= 4 is 29.9 Å². The predicted octanol–water partition coefficient (Wildman–Crippen LogP) is 2.80. The van der Waals surface area contributed by atoms with E-state index in [0.29, 0.717) is 18.0 Å². The van der Waals surface area contributed by atoms with E-state index in [9.17, 15) is 0 Å². The maximum atomic E-state index is 4.29. The Morgan fingerprint density at radius 3 is 2.58 bits per heavy atom. The molecule has 0 saturated heterocycles. The van der Waals surface area contributed by atoms with E-state index in [1.165, 1.54) is 30.4 Å². The highest BCUT2D eigenvalue weighted by Gasteiger charge is 2.40. The van der Waals surface area contributed by atoms with Crippen LogP contribution < -0.4 is 10.6 Å². The predicted molar refractivity (Wildman–Crippen MR) is 90.4 cm³/mol. The van der Waals surface area contributed by atoms with Crippen LogP contribution in [0, 0.1) is 6.92 Å². The quantitative estimate of drug-likeness (QED) is 0.487. The van der Waals surface area contributed by atoms with Crippen molar-refractivity contribution in [2.24, 2.45) is 4.99 Å². The summed E-state index contributed by atoms with van der Waals surface area (Å²) >= 11 is 0. The van der Waals surface area contributed by atoms with Crippen LogP contribution in [0.3, 0.4) is 0 Å². The minimum Gasteiger partial charge on any atom is -0.354 e. The monoisotopic (exact) mass is 371 g/mol. The van der Waals surface area contributed by atoms with Crippen LogP contribution in [-0.2, 0) is 0 Å². The number of guanidine groups is 1. The van der Waals surface area contributed by atoms with Crippen molar-refractivity contribution in [3.8, 4) is 0 Å². The number of aryl methyl sites for hydroxylation is 1. The largest absolute Gasteiger partial charge is 0.354 e. The standard InChI is InChI=1S/C15H21N3.HI/c1-10-5-3-4-6-12(10)13-9-14(13)18-15(16-2)17-11-7-8-11;/h3-6,11,13-14H,7-9H2,1-2H3,(H2,16,17,18);1H. The lowest BCUT2D eigenvalue weighted by Crippen LogP contribution is -2.40. The van der Waals surface area contributed by atoms with E-state index in [2.05, 4.69) is 46.8 Å². The van der Waals surface area contributed by atoms with Gasteiger partial charge in [-0.1, -0.05) is 24.3 Å². The number of hydrogen-bond acceptors (Lipinski definition) is 1. The minimum atomic E-state index is 0. The molecule has 0 heterocycles. The van der Waals surface area contributed by atoms with Crippen LogP contribution in [-0.4, -0.2) is 25.1 Å². The van der Waals surface area contributed by atoms with Gasteiger partial charge in [0.25, 0.3) is 0 Å². The topological polar surface area (TPSA) is 36.4 Å². The molecule has 2 N–H and O–H groups in total. The molecule has 3 rings (SSSR count). The second kappa shape index (κ2) is 6.11. The van der Waals surface area contributed by atoms with Gasteiger partial charge in [-0.3, -0.25) is 4.99 Å². The van der Waals surface area contributed by atoms with Crippen LogP contribution >= 0.6 is 24.0 Å². The summed E-state index contributed by atoms with van der Waals surface area (Å²) in [6.45, 7) is 2.20. The van der Waals surface area contributed by atoms with Gasteiger partial charge in [0, 0.05) is 25.0 Å². The maximum Gasteiger partial charge on any atom is 0.191 e. The number of halogens is 1. The molecule has 0 amide bonds. The van der Waals surface area contributed by atoms with E-state index in [1.54, 1.807) is 0 Å². The number of rotatable bonds is 3. The molecule has 2 aliphatic carbocycles. The first-order valence-corrected chi connectivity index (χ1v) is 6.83. The Labute approximate surface area is 132 Å². The summed E-state index contributed by atoms with van der Waals surface area (Å²) in [5, 5.41) is 6.96. The van der Waals surface area contributed by atoms with Gasteiger partial charge in [-0.2, -0.15) is 0 Å². The highest BCUT2D eigenvalue weighted by molar-refractivity contribution is 14.0. The van der Waals surface area contributed by atoms with Crippen LogP contribution in [0.4, 0.5) is 0 Å². The molecule has 1 aromatic carbocycles. The van der Waals surface area contributed by atoms with Crippen molar-refractivity contribution < 1.29 is 0 Å². The molecule has 0 radical (unpaired) electrons. The minimum absolute atomic E-state index is 0. The molecule has 0 bridgehead atoms. The Kier molecular flexibility index (Phi) is 4.71. The summed E-state index contributed by atoms with van der Waals surface area (Å²) in [6, 6.07) is 9.90. The van der Waals surface area contributed by atoms with Gasteiger partial charge in [0.05, 0.1) is 0 Å². The molecule has 2 saturated carbocycles. The van der Waals surface area contributed by atoms with E-state index in [0.717, 1.165) is 5.96 Å². The van der Waals surface area contributed by atoms with E-state index >= 15 is 0 Å². The lowest BCUT2D eigenvalue weighted by molar-refractivity contribution is 0.786. The smallest absolute Gasteiger partial charge is 0.191 e. The average Bonchev–Trinajstić information content (AvgIpc) is 3.26. The van der Waals surface area contributed by atoms with Gasteiger partial charge >= 0.3 is 0 Å². The summed E-state index contributed by atoms with van der Waals surface area (Å²) < 4.78 is 0. The van der Waals surface area contributed by atoms with Gasteiger partial charge < -0.3 is 10.6 Å². The fourth-order valence-electron chi connectivity index (χ4n) is 2.47. The van der Waals surface area contributed by atoms with Gasteiger partial charge in [0.2, 0.25) is 0 Å². The second-order valence-electron chi connectivity index (χ2n) is 5.44. The molecule has 2 aliphatic rings. The van der Waals surface area contributed by atoms with Gasteiger partial charge in [0.15, 0.2) is 5.96 Å². The molecule has 0 spiro atoms. The van der Waals surface area contributed by atoms with Crippen molar-refractivity contribution in [2.75, 3.05) is 7.05 Å². The summed E-state index contributed by atoms with van der Waals surface area (Å²) in [5.41, 5.74) is 2.88. The molecule has 0 aromatic heterocycles. The van der Waals surface area contributed by atoms with E-state index in [-0.39, 0.29) is 24.0 Å². The molecule has 2 unspecified atom stereocenters. The van der Waals surface area contributed by atoms with E-state index in [4.69, 9.17) is 0 Å². The van der Waals surface area contributed by atoms with Crippen LogP contribution in [0.2, 0.25) is 0 Å². The Morgan fingerprint density at radius 1 is 1.21 bits per heavy atom. The third-order valence-electron chi connectivity index (χ3n) is 3.84. The van der Waals surface area contributed by atoms with Crippen molar-refractivity contribution in [1.82, 2.24) is 10.6 Å². The van der Waals surface area contributed by atoms with Gasteiger partial charge in [0.1, 0.15) is 0 Å². The van der Waals surface area contributed by atoms with Gasteiger partial charge in [-0.15, -0.1) is 24.0 Å². The van der Waals surface area contributed by atoms with E-state index in [1.807, 2.05) is 7.05 Å². The van der Waals surface area contributed by atoms with Crippen LogP contribution in [0.1, 0.15) is 36.3 Å². The third-order valence-corrected chi connectivity index (χ3v) is 3.84. The Balaban J connectivity index is 0.00000133. The maximum absolute atomic E-state index is 4.29. The van der Waals surface area contributed by atoms with Crippen molar-refractivity contribution in [1.29, 1.82) is 0 Å². The van der Waals surface area contributed by atoms with Crippen LogP contribution in [0.5, 0.6) is 0 Å². The first-order valence-electron chi connectivity index (χ1n) is 6.83. The highest BCUT2D eigenvalue weighted by atomic mass is 127. The fraction of sp³-hybridized carbons (Fsp3) is 0.533. The molecule has 2 atom stereocenters. The van der Waals surface area contributed by atoms with Crippen LogP contribution in [0.15, 0.2) is 29.3 Å². The summed E-state index contributed by atoms with van der Waals surface area (Å²) in [4.78, 5) is 4.29. The van der Waals surface area contributed by atoms with Gasteiger partial charge in [-0.05, 0) is 37.3 Å². The summed E-state index contributed by atoms with van der Waals surface area (Å²) in [7, 11) is 1.85. The van der Waals surface area contributed by atoms with Gasteiger partial charge in [-0.25, -0.2) is 0 Å². The first kappa shape index (κ1) is 14.6. The lowest BCUT2D eigenvalue weighted by atomic mass is 10.0. The molecule has 3 nitrogen and oxygen atoms in total. The molecule has 19 heavy (non-hydrogen) atoms. The Hall–Kier alpha value is -0.780. The average molecular weight is 371 g/mol. The number of benzene rings is 1. The molecule has 2 fully saturated rings. The molecule has 104 valence electrons. The number of hydrogen-bond donors (Lipinski definition) is 2. The molecule has 1 aromatic rings. The number of nitrogens with one attached hydrogen (secondary N) is 2. The molecule has 0 aliphatic heterocycles. The van der Waals surface area contributed by atoms with Crippen LogP contribution in [0.25, 0.3) is 0 Å². The van der Waals surface area contributed by atoms with Crippen molar-refractivity contribution in [3.05, 3.63) is 35.4 Å². The number of aliphatic imine (C=N–C) groups is 1. The zero-order chi connectivity index (χ0) is 12.5. The lowest BCUT2D eigenvalue weighted by Gasteiger charge is -2.11. The molecular formula is C15H22IN3. The van der Waals surface area contributed by atoms with Crippen molar-refractivity contribution in [2.45, 2.75) is 44.2 Å². The summed E-state index contributed by atoms with van der Waals surface area (Å²) in [6.07, 6.45) is 3.79. The Bertz CT molecular complexity index is 468. The second-order valence-corrected chi connectivity index (χ2v) is 5.44. The van der Waals surface area contributed by atoms with E-state index < -0.39 is 0 Å². The fourth-order valence-corrected chi connectivity index (χ4v) is 2.47. The highest BCUT2D eigenvalue weighted by Crippen LogP contribution is 2.42. The molecule has 4 heteroatoms. The Morgan fingerprint density at radius 2 is 1.95 bits per heavy atom. The summed E-state index contributed by atoms with van der Waals surface area (Å²) in [5.74, 6) is 1.63.